The van der Waals surface area contributed by atoms with Crippen LogP contribution < -0.4 is 22.3 Å². The summed E-state index contributed by atoms with van der Waals surface area (Å²) in [5, 5.41) is 0. The van der Waals surface area contributed by atoms with Gasteiger partial charge in [0.05, 0.1) is 0 Å². The van der Waals surface area contributed by atoms with Crippen molar-refractivity contribution in [1.82, 2.24) is 15.0 Å². The van der Waals surface area contributed by atoms with E-state index in [-0.39, 0.29) is 5.82 Å². The van der Waals surface area contributed by atoms with Crippen LogP contribution in [0.1, 0.15) is 5.56 Å². The Balaban J connectivity index is 2.93. The Morgan fingerprint density at radius 3 is 2.86 bits per heavy atom. The van der Waals surface area contributed by atoms with Crippen LogP contribution in [0.2, 0.25) is 0 Å². The standard InChI is InChI=1S/C7H11N5O2/c1-4-3-12(2)7(14)9-5(4)10-11-6(8)13/h3H,1-2H3,(H3,8,11,13)(H,9,10,14). The lowest BCUT2D eigenvalue weighted by Crippen LogP contribution is -2.36. The highest BCUT2D eigenvalue weighted by molar-refractivity contribution is 5.73. The number of aromatic nitrogens is 2. The van der Waals surface area contributed by atoms with Crippen LogP contribution in [0, 0.1) is 6.92 Å². The van der Waals surface area contributed by atoms with E-state index in [2.05, 4.69) is 15.8 Å². The number of nitrogens with one attached hydrogen (secondary N) is 2. The Kier molecular flexibility index (Phi) is 2.70. The SMILES string of the molecule is Cc1cn(C)c(=O)nc1NNC(N)=O. The Morgan fingerprint density at radius 1 is 1.64 bits per heavy atom. The fourth-order valence-electron chi connectivity index (χ4n) is 0.917. The van der Waals surface area contributed by atoms with Crippen LogP contribution >= 0.6 is 0 Å². The molecule has 0 aliphatic heterocycles. The van der Waals surface area contributed by atoms with E-state index in [1.165, 1.54) is 4.57 Å². The molecule has 14 heavy (non-hydrogen) atoms. The van der Waals surface area contributed by atoms with Gasteiger partial charge in [-0.1, -0.05) is 0 Å². The van der Waals surface area contributed by atoms with Crippen molar-refractivity contribution < 1.29 is 4.79 Å². The molecule has 0 aliphatic carbocycles. The summed E-state index contributed by atoms with van der Waals surface area (Å²) in [4.78, 5) is 25.1. The number of carbonyl (C=O) groups excluding carboxylic acids is 1. The number of hydrazine groups is 1. The van der Waals surface area contributed by atoms with Crippen LogP contribution in [0.15, 0.2) is 11.0 Å². The third-order valence-electron chi connectivity index (χ3n) is 1.57. The molecule has 1 aromatic rings. The fraction of sp³-hybridized carbons (Fsp3) is 0.286. The molecule has 0 aromatic carbocycles. The van der Waals surface area contributed by atoms with Gasteiger partial charge in [-0.3, -0.25) is 10.9 Å². The molecule has 0 saturated heterocycles. The number of rotatable bonds is 2. The molecule has 2 amide bonds. The molecule has 76 valence electrons. The maximum atomic E-state index is 11.1. The molecule has 0 unspecified atom stereocenters. The summed E-state index contributed by atoms with van der Waals surface area (Å²) in [5.41, 5.74) is 9.70. The van der Waals surface area contributed by atoms with Gasteiger partial charge in [-0.15, -0.1) is 0 Å². The van der Waals surface area contributed by atoms with Gasteiger partial charge in [0.25, 0.3) is 0 Å². The van der Waals surface area contributed by atoms with Gasteiger partial charge in [-0.05, 0) is 6.92 Å². The third-order valence-corrected chi connectivity index (χ3v) is 1.57. The number of amides is 2. The van der Waals surface area contributed by atoms with E-state index in [0.717, 1.165) is 5.56 Å². The maximum Gasteiger partial charge on any atom is 0.349 e. The van der Waals surface area contributed by atoms with Crippen LogP contribution in [0.3, 0.4) is 0 Å². The second-order valence-corrected chi connectivity index (χ2v) is 2.78. The van der Waals surface area contributed by atoms with Gasteiger partial charge in [0.2, 0.25) is 0 Å². The van der Waals surface area contributed by atoms with Crippen molar-refractivity contribution in [3.05, 3.63) is 22.2 Å². The first-order chi connectivity index (χ1) is 6.50. The molecule has 0 saturated carbocycles. The highest BCUT2D eigenvalue weighted by Crippen LogP contribution is 2.04. The quantitative estimate of drug-likeness (QED) is 0.534. The lowest BCUT2D eigenvalue weighted by molar-refractivity contribution is 0.250. The van der Waals surface area contributed by atoms with Gasteiger partial charge in [-0.2, -0.15) is 4.98 Å². The number of primary amides is 1. The lowest BCUT2D eigenvalue weighted by Gasteiger charge is -2.08. The summed E-state index contributed by atoms with van der Waals surface area (Å²) in [6, 6.07) is -0.744. The van der Waals surface area contributed by atoms with Crippen molar-refractivity contribution >= 4 is 11.8 Å². The zero-order valence-electron chi connectivity index (χ0n) is 7.87. The number of nitrogens with two attached hydrogens (primary N) is 1. The summed E-state index contributed by atoms with van der Waals surface area (Å²) < 4.78 is 1.34. The molecule has 1 heterocycles. The Bertz CT molecular complexity index is 411. The molecular formula is C7H11N5O2. The molecule has 7 nitrogen and oxygen atoms in total. The lowest BCUT2D eigenvalue weighted by atomic mass is 10.3. The molecule has 0 spiro atoms. The van der Waals surface area contributed by atoms with E-state index >= 15 is 0 Å². The van der Waals surface area contributed by atoms with Crippen LogP contribution in [0.5, 0.6) is 0 Å². The third kappa shape index (κ3) is 2.22. The predicted octanol–water partition coefficient (Wildman–Crippen LogP) is -0.916. The highest BCUT2D eigenvalue weighted by Gasteiger charge is 2.02. The first-order valence-corrected chi connectivity index (χ1v) is 3.86. The summed E-state index contributed by atoms with van der Waals surface area (Å²) in [6.45, 7) is 1.75. The van der Waals surface area contributed by atoms with E-state index < -0.39 is 11.7 Å². The first-order valence-electron chi connectivity index (χ1n) is 3.86. The van der Waals surface area contributed by atoms with Crippen LogP contribution in [0.25, 0.3) is 0 Å². The number of hydrogen-bond acceptors (Lipinski definition) is 4. The molecular weight excluding hydrogens is 186 g/mol. The van der Waals surface area contributed by atoms with Gasteiger partial charge in [-0.25, -0.2) is 9.59 Å². The van der Waals surface area contributed by atoms with Crippen molar-refractivity contribution in [3.63, 3.8) is 0 Å². The molecule has 0 aliphatic rings. The summed E-state index contributed by atoms with van der Waals surface area (Å²) in [5.74, 6) is 0.284. The number of hydrogen-bond donors (Lipinski definition) is 3. The average Bonchev–Trinajstić information content (AvgIpc) is 2.09. The molecule has 4 N–H and O–H groups in total. The van der Waals surface area contributed by atoms with Crippen molar-refractivity contribution in [2.24, 2.45) is 12.8 Å². The number of urea groups is 1. The van der Waals surface area contributed by atoms with E-state index in [1.54, 1.807) is 20.2 Å². The Morgan fingerprint density at radius 2 is 2.29 bits per heavy atom. The van der Waals surface area contributed by atoms with E-state index in [1.807, 2.05) is 0 Å². The fourth-order valence-corrected chi connectivity index (χ4v) is 0.917. The smallest absolute Gasteiger partial charge is 0.349 e. The summed E-state index contributed by atoms with van der Waals surface area (Å²) in [6.07, 6.45) is 1.60. The topological polar surface area (TPSA) is 102 Å². The number of nitrogens with zero attached hydrogens (tertiary/aromatic N) is 2. The van der Waals surface area contributed by atoms with Crippen LogP contribution in [-0.2, 0) is 7.05 Å². The highest BCUT2D eigenvalue weighted by atomic mass is 16.2. The van der Waals surface area contributed by atoms with E-state index in [0.29, 0.717) is 0 Å². The van der Waals surface area contributed by atoms with Crippen LogP contribution in [-0.4, -0.2) is 15.6 Å². The predicted molar refractivity (Wildman–Crippen MR) is 50.6 cm³/mol. The normalized spacial score (nSPS) is 9.57. The number of carbonyl (C=O) groups is 1. The zero-order chi connectivity index (χ0) is 10.7. The average molecular weight is 197 g/mol. The minimum Gasteiger partial charge on any atom is -0.350 e. The van der Waals surface area contributed by atoms with Crippen molar-refractivity contribution in [3.8, 4) is 0 Å². The van der Waals surface area contributed by atoms with Crippen molar-refractivity contribution in [1.29, 1.82) is 0 Å². The van der Waals surface area contributed by atoms with Gasteiger partial charge in [0.1, 0.15) is 0 Å². The summed E-state index contributed by atoms with van der Waals surface area (Å²) >= 11 is 0. The Labute approximate surface area is 79.9 Å². The summed E-state index contributed by atoms with van der Waals surface area (Å²) in [7, 11) is 1.59. The number of aryl methyl sites for hydroxylation is 2. The van der Waals surface area contributed by atoms with Gasteiger partial charge in [0, 0.05) is 18.8 Å². The number of anilines is 1. The second kappa shape index (κ2) is 3.77. The van der Waals surface area contributed by atoms with Crippen molar-refractivity contribution in [2.75, 3.05) is 5.43 Å². The molecule has 1 rings (SSSR count). The van der Waals surface area contributed by atoms with Crippen molar-refractivity contribution in [2.45, 2.75) is 6.92 Å². The largest absolute Gasteiger partial charge is 0.350 e. The molecule has 0 radical (unpaired) electrons. The first kappa shape index (κ1) is 10.0. The van der Waals surface area contributed by atoms with E-state index in [4.69, 9.17) is 5.73 Å². The maximum absolute atomic E-state index is 11.1. The minimum absolute atomic E-state index is 0.284. The second-order valence-electron chi connectivity index (χ2n) is 2.78. The molecule has 0 fully saturated rings. The molecule has 0 bridgehead atoms. The molecule has 7 heteroatoms. The molecule has 0 atom stereocenters. The minimum atomic E-state index is -0.744. The van der Waals surface area contributed by atoms with Gasteiger partial charge >= 0.3 is 11.7 Å². The van der Waals surface area contributed by atoms with Gasteiger partial charge < -0.3 is 10.3 Å². The van der Waals surface area contributed by atoms with Gasteiger partial charge in [0.15, 0.2) is 5.82 Å². The zero-order valence-corrected chi connectivity index (χ0v) is 7.87. The van der Waals surface area contributed by atoms with E-state index in [9.17, 15) is 9.59 Å². The molecule has 1 aromatic heterocycles. The monoisotopic (exact) mass is 197 g/mol. The van der Waals surface area contributed by atoms with Crippen LogP contribution in [0.4, 0.5) is 10.6 Å². The Hall–Kier alpha value is -2.05.